The number of sulfone groups is 1. The molecule has 2 rings (SSSR count). The first kappa shape index (κ1) is 16.7. The average Bonchev–Trinajstić information content (AvgIpc) is 2.47. The van der Waals surface area contributed by atoms with Crippen LogP contribution in [-0.2, 0) is 19.4 Å². The molecule has 0 bridgehead atoms. The van der Waals surface area contributed by atoms with Gasteiger partial charge in [0, 0.05) is 6.26 Å². The highest BCUT2D eigenvalue weighted by molar-refractivity contribution is 7.91. The van der Waals surface area contributed by atoms with Crippen LogP contribution in [0.15, 0.2) is 30.3 Å². The number of benzene rings is 1. The predicted octanol–water partition coefficient (Wildman–Crippen LogP) is 2.36. The van der Waals surface area contributed by atoms with Crippen LogP contribution < -0.4 is 0 Å². The van der Waals surface area contributed by atoms with E-state index in [2.05, 4.69) is 0 Å². The number of carbonyl (C=O) groups excluding carboxylic acids is 2. The van der Waals surface area contributed by atoms with Crippen molar-refractivity contribution in [3.8, 4) is 0 Å². The first-order valence-electron chi connectivity index (χ1n) is 7.37. The molecule has 0 aromatic heterocycles. The predicted molar refractivity (Wildman–Crippen MR) is 82.1 cm³/mol. The van der Waals surface area contributed by atoms with E-state index in [0.717, 1.165) is 12.8 Å². The van der Waals surface area contributed by atoms with Crippen molar-refractivity contribution in [2.45, 2.75) is 37.4 Å². The van der Waals surface area contributed by atoms with Crippen molar-refractivity contribution in [3.05, 3.63) is 35.9 Å². The van der Waals surface area contributed by atoms with Crippen molar-refractivity contribution in [3.63, 3.8) is 0 Å². The van der Waals surface area contributed by atoms with Crippen molar-refractivity contribution in [1.82, 2.24) is 0 Å². The zero-order valence-corrected chi connectivity index (χ0v) is 13.3. The van der Waals surface area contributed by atoms with Gasteiger partial charge in [0.2, 0.25) is 0 Å². The maximum atomic E-state index is 11.9. The Morgan fingerprint density at radius 3 is 2.41 bits per heavy atom. The Kier molecular flexibility index (Phi) is 5.34. The van der Waals surface area contributed by atoms with Crippen LogP contribution in [0.25, 0.3) is 0 Å². The number of rotatable bonds is 4. The second-order valence-electron chi connectivity index (χ2n) is 5.74. The lowest BCUT2D eigenvalue weighted by molar-refractivity contribution is -0.139. The van der Waals surface area contributed by atoms with Crippen LogP contribution in [0.2, 0.25) is 0 Å². The van der Waals surface area contributed by atoms with E-state index < -0.39 is 27.0 Å². The lowest BCUT2D eigenvalue weighted by atomic mass is 9.86. The summed E-state index contributed by atoms with van der Waals surface area (Å²) in [5.41, 5.74) is 0.305. The fraction of sp³-hybridized carbons (Fsp3) is 0.500. The molecule has 1 aromatic carbocycles. The van der Waals surface area contributed by atoms with Crippen LogP contribution in [0.1, 0.15) is 42.5 Å². The molecule has 1 aliphatic rings. The van der Waals surface area contributed by atoms with E-state index >= 15 is 0 Å². The molecule has 1 aliphatic carbocycles. The van der Waals surface area contributed by atoms with Gasteiger partial charge in [-0.05, 0) is 30.9 Å². The first-order valence-corrected chi connectivity index (χ1v) is 9.32. The van der Waals surface area contributed by atoms with Crippen LogP contribution in [-0.4, -0.2) is 31.9 Å². The quantitative estimate of drug-likeness (QED) is 0.627. The van der Waals surface area contributed by atoms with Crippen LogP contribution in [0, 0.1) is 5.92 Å². The highest BCUT2D eigenvalue weighted by Gasteiger charge is 2.34. The van der Waals surface area contributed by atoms with Gasteiger partial charge in [-0.15, -0.1) is 0 Å². The van der Waals surface area contributed by atoms with Crippen molar-refractivity contribution < 1.29 is 22.7 Å². The van der Waals surface area contributed by atoms with Gasteiger partial charge in [-0.25, -0.2) is 13.2 Å². The molecule has 0 N–H and O–H groups in total. The summed E-state index contributed by atoms with van der Waals surface area (Å²) in [7, 11) is -3.19. The van der Waals surface area contributed by atoms with Crippen molar-refractivity contribution >= 4 is 21.8 Å². The minimum atomic E-state index is -3.19. The molecule has 1 aromatic rings. The Balaban J connectivity index is 1.97. The summed E-state index contributed by atoms with van der Waals surface area (Å²) in [5, 5.41) is -0.513. The highest BCUT2D eigenvalue weighted by atomic mass is 32.2. The number of ether oxygens (including phenoxy) is 1. The summed E-state index contributed by atoms with van der Waals surface area (Å²) in [5.74, 6) is -1.62. The minimum Gasteiger partial charge on any atom is -0.389 e. The number of carbonyl (C=O) groups is 2. The largest absolute Gasteiger partial charge is 0.389 e. The molecule has 0 saturated heterocycles. The molecule has 120 valence electrons. The molecule has 2 unspecified atom stereocenters. The third-order valence-corrected chi connectivity index (χ3v) is 5.75. The topological polar surface area (TPSA) is 77.5 Å². The Hall–Kier alpha value is -1.69. The van der Waals surface area contributed by atoms with Crippen molar-refractivity contribution in [1.29, 1.82) is 0 Å². The van der Waals surface area contributed by atoms with Gasteiger partial charge in [0.25, 0.3) is 0 Å². The van der Waals surface area contributed by atoms with E-state index in [4.69, 9.17) is 4.74 Å². The Morgan fingerprint density at radius 1 is 1.14 bits per heavy atom. The van der Waals surface area contributed by atoms with Gasteiger partial charge >= 0.3 is 11.9 Å². The fourth-order valence-corrected chi connectivity index (χ4v) is 4.49. The monoisotopic (exact) mass is 324 g/mol. The molecular formula is C16H20O5S. The van der Waals surface area contributed by atoms with E-state index in [9.17, 15) is 18.0 Å². The second-order valence-corrected chi connectivity index (χ2v) is 8.01. The van der Waals surface area contributed by atoms with E-state index in [1.54, 1.807) is 30.3 Å². The maximum Gasteiger partial charge on any atom is 0.345 e. The molecule has 0 spiro atoms. The van der Waals surface area contributed by atoms with Crippen LogP contribution >= 0.6 is 0 Å². The van der Waals surface area contributed by atoms with Gasteiger partial charge in [-0.3, -0.25) is 4.79 Å². The van der Waals surface area contributed by atoms with Crippen LogP contribution in [0.3, 0.4) is 0 Å². The highest BCUT2D eigenvalue weighted by Crippen LogP contribution is 2.31. The molecule has 0 aliphatic heterocycles. The SMILES string of the molecule is CS(=O)(=O)C1CCCCC1CC(=O)OC(=O)c1ccccc1. The van der Waals surface area contributed by atoms with Crippen LogP contribution in [0.4, 0.5) is 0 Å². The van der Waals surface area contributed by atoms with Gasteiger partial charge < -0.3 is 4.74 Å². The Morgan fingerprint density at radius 2 is 1.77 bits per heavy atom. The van der Waals surface area contributed by atoms with Crippen LogP contribution in [0.5, 0.6) is 0 Å². The smallest absolute Gasteiger partial charge is 0.345 e. The fourth-order valence-electron chi connectivity index (χ4n) is 2.96. The zero-order chi connectivity index (χ0) is 16.2. The summed E-state index contributed by atoms with van der Waals surface area (Å²) in [6.07, 6.45) is 4.17. The second kappa shape index (κ2) is 7.05. The lowest BCUT2D eigenvalue weighted by Crippen LogP contribution is -2.34. The Labute approximate surface area is 130 Å². The van der Waals surface area contributed by atoms with E-state index in [-0.39, 0.29) is 12.3 Å². The molecule has 5 nitrogen and oxygen atoms in total. The summed E-state index contributed by atoms with van der Waals surface area (Å²) in [6.45, 7) is 0. The third-order valence-electron chi connectivity index (χ3n) is 4.03. The third kappa shape index (κ3) is 4.40. The summed E-state index contributed by atoms with van der Waals surface area (Å²) >= 11 is 0. The van der Waals surface area contributed by atoms with Crippen molar-refractivity contribution in [2.24, 2.45) is 5.92 Å². The van der Waals surface area contributed by atoms with Gasteiger partial charge in [0.15, 0.2) is 9.84 Å². The normalized spacial score (nSPS) is 22.0. The molecule has 22 heavy (non-hydrogen) atoms. The van der Waals surface area contributed by atoms with E-state index in [1.807, 2.05) is 0 Å². The molecule has 0 radical (unpaired) electrons. The number of hydrogen-bond donors (Lipinski definition) is 0. The molecular weight excluding hydrogens is 304 g/mol. The Bertz CT molecular complexity index is 636. The molecule has 0 amide bonds. The van der Waals surface area contributed by atoms with Gasteiger partial charge in [-0.1, -0.05) is 31.0 Å². The molecule has 6 heteroatoms. The van der Waals surface area contributed by atoms with Crippen molar-refractivity contribution in [2.75, 3.05) is 6.26 Å². The molecule has 2 atom stereocenters. The molecule has 1 saturated carbocycles. The minimum absolute atomic E-state index is 0.0314. The van der Waals surface area contributed by atoms with Gasteiger partial charge in [0.05, 0.1) is 17.2 Å². The zero-order valence-electron chi connectivity index (χ0n) is 12.5. The number of hydrogen-bond acceptors (Lipinski definition) is 5. The summed E-state index contributed by atoms with van der Waals surface area (Å²) in [4.78, 5) is 23.7. The van der Waals surface area contributed by atoms with E-state index in [0.29, 0.717) is 18.4 Å². The maximum absolute atomic E-state index is 11.9. The molecule has 0 heterocycles. The summed E-state index contributed by atoms with van der Waals surface area (Å²) in [6, 6.07) is 8.26. The van der Waals surface area contributed by atoms with E-state index in [1.165, 1.54) is 6.26 Å². The standard InChI is InChI=1S/C16H20O5S/c1-22(19,20)14-10-6-5-9-13(14)11-15(17)21-16(18)12-7-3-2-4-8-12/h2-4,7-8,13-14H,5-6,9-11H2,1H3. The average molecular weight is 324 g/mol. The lowest BCUT2D eigenvalue weighted by Gasteiger charge is -2.29. The van der Waals surface area contributed by atoms with Gasteiger partial charge in [-0.2, -0.15) is 0 Å². The first-order chi connectivity index (χ1) is 10.4. The number of esters is 2. The summed E-state index contributed by atoms with van der Waals surface area (Å²) < 4.78 is 28.4. The molecule has 1 fully saturated rings. The van der Waals surface area contributed by atoms with Gasteiger partial charge in [0.1, 0.15) is 0 Å².